The highest BCUT2D eigenvalue weighted by molar-refractivity contribution is 5.76. The van der Waals surface area contributed by atoms with Crippen molar-refractivity contribution in [3.05, 3.63) is 60.8 Å². The van der Waals surface area contributed by atoms with Crippen molar-refractivity contribution < 1.29 is 39.8 Å². The molecule has 7 atom stereocenters. The fraction of sp³-hybridized carbons (Fsp3) is 0.823. The normalized spacial score (nSPS) is 19.7. The largest absolute Gasteiger partial charge is 0.394 e. The second-order valence-electron chi connectivity index (χ2n) is 20.8. The van der Waals surface area contributed by atoms with Crippen molar-refractivity contribution in [3.63, 3.8) is 0 Å². The van der Waals surface area contributed by atoms with Crippen LogP contribution in [0.25, 0.3) is 0 Å². The van der Waals surface area contributed by atoms with Crippen molar-refractivity contribution in [1.82, 2.24) is 5.32 Å². The van der Waals surface area contributed by atoms with Crippen molar-refractivity contribution >= 4 is 5.91 Å². The summed E-state index contributed by atoms with van der Waals surface area (Å²) in [6, 6.07) is -0.835. The lowest BCUT2D eigenvalue weighted by molar-refractivity contribution is -0.302. The zero-order chi connectivity index (χ0) is 51.5. The summed E-state index contributed by atoms with van der Waals surface area (Å²) < 4.78 is 11.2. The number of nitrogens with one attached hydrogen (secondary N) is 1. The maximum absolute atomic E-state index is 13.0. The van der Waals surface area contributed by atoms with E-state index in [4.69, 9.17) is 9.47 Å². The Morgan fingerprint density at radius 3 is 1.30 bits per heavy atom. The van der Waals surface area contributed by atoms with Crippen LogP contribution in [0.4, 0.5) is 0 Å². The van der Waals surface area contributed by atoms with Gasteiger partial charge >= 0.3 is 0 Å². The first-order valence-corrected chi connectivity index (χ1v) is 30.0. The fourth-order valence-electron chi connectivity index (χ4n) is 9.28. The number of unbranched alkanes of at least 4 members (excludes halogenated alkanes) is 33. The molecule has 0 spiro atoms. The van der Waals surface area contributed by atoms with Gasteiger partial charge in [-0.3, -0.25) is 4.79 Å². The van der Waals surface area contributed by atoms with Gasteiger partial charge in [-0.15, -0.1) is 0 Å². The summed E-state index contributed by atoms with van der Waals surface area (Å²) in [6.45, 7) is 3.74. The second-order valence-corrected chi connectivity index (χ2v) is 20.8. The van der Waals surface area contributed by atoms with Crippen molar-refractivity contribution in [2.45, 2.75) is 314 Å². The van der Waals surface area contributed by atoms with Gasteiger partial charge in [0.25, 0.3) is 0 Å². The highest BCUT2D eigenvalue weighted by Gasteiger charge is 2.44. The standard InChI is InChI=1S/C62H113NO8/c1-3-5-7-9-11-13-15-17-19-21-22-23-24-25-26-27-28-29-30-31-32-33-34-36-37-39-41-43-45-47-49-51-56(65)55(54-70-62-61(69)60(68)59(67)57(53-64)71-62)63-58(66)52-50-48-46-44-42-40-38-35-20-18-16-14-12-10-8-6-4-2/h12,14,18,20,34,36,41,43,49,51,55-57,59-62,64-65,67-69H,3-11,13,15-17,19,21-33,35,37-40,42,44-48,50,52-54H2,1-2H3,(H,63,66)/b14-12-,20-18-,36-34+,43-41+,51-49+. The number of ether oxygens (including phenoxy) is 2. The molecular weight excluding hydrogens is 887 g/mol. The fourth-order valence-corrected chi connectivity index (χ4v) is 9.28. The molecule has 1 amide bonds. The molecule has 0 aromatic heterocycles. The molecule has 0 bridgehead atoms. The number of hydrogen-bond donors (Lipinski definition) is 6. The van der Waals surface area contributed by atoms with Gasteiger partial charge in [0.05, 0.1) is 25.4 Å². The van der Waals surface area contributed by atoms with Gasteiger partial charge in [-0.25, -0.2) is 0 Å². The molecule has 1 rings (SSSR count). The van der Waals surface area contributed by atoms with Crippen LogP contribution < -0.4 is 5.32 Å². The van der Waals surface area contributed by atoms with E-state index < -0.39 is 49.5 Å². The molecule has 0 aromatic rings. The Bertz CT molecular complexity index is 1300. The van der Waals surface area contributed by atoms with Crippen LogP contribution in [0.3, 0.4) is 0 Å². The molecular formula is C62H113NO8. The van der Waals surface area contributed by atoms with Gasteiger partial charge in [0, 0.05) is 6.42 Å². The van der Waals surface area contributed by atoms with Crippen LogP contribution in [-0.2, 0) is 14.3 Å². The smallest absolute Gasteiger partial charge is 0.220 e. The lowest BCUT2D eigenvalue weighted by Crippen LogP contribution is -2.60. The number of amides is 1. The van der Waals surface area contributed by atoms with Gasteiger partial charge in [-0.05, 0) is 77.0 Å². The van der Waals surface area contributed by atoms with Crippen LogP contribution in [0, 0.1) is 0 Å². The molecule has 1 fully saturated rings. The van der Waals surface area contributed by atoms with E-state index in [0.717, 1.165) is 64.2 Å². The van der Waals surface area contributed by atoms with Gasteiger partial charge in [0.2, 0.25) is 5.91 Å². The third kappa shape index (κ3) is 40.9. The minimum Gasteiger partial charge on any atom is -0.394 e. The summed E-state index contributed by atoms with van der Waals surface area (Å²) >= 11 is 0. The molecule has 0 radical (unpaired) electrons. The summed E-state index contributed by atoms with van der Waals surface area (Å²) in [5.74, 6) is -0.199. The van der Waals surface area contributed by atoms with E-state index in [1.54, 1.807) is 6.08 Å². The first-order valence-electron chi connectivity index (χ1n) is 30.0. The third-order valence-electron chi connectivity index (χ3n) is 14.0. The molecule has 6 N–H and O–H groups in total. The maximum Gasteiger partial charge on any atom is 0.220 e. The van der Waals surface area contributed by atoms with Gasteiger partial charge in [0.15, 0.2) is 6.29 Å². The van der Waals surface area contributed by atoms with E-state index in [9.17, 15) is 30.3 Å². The summed E-state index contributed by atoms with van der Waals surface area (Å²) in [5.41, 5.74) is 0. The zero-order valence-corrected chi connectivity index (χ0v) is 46.0. The molecule has 1 aliphatic heterocycles. The van der Waals surface area contributed by atoms with Crippen molar-refractivity contribution in [2.24, 2.45) is 0 Å². The molecule has 71 heavy (non-hydrogen) atoms. The van der Waals surface area contributed by atoms with E-state index >= 15 is 0 Å². The maximum atomic E-state index is 13.0. The molecule has 9 heteroatoms. The summed E-state index contributed by atoms with van der Waals surface area (Å²) in [4.78, 5) is 13.0. The molecule has 0 aromatic carbocycles. The van der Waals surface area contributed by atoms with Crippen LogP contribution >= 0.6 is 0 Å². The molecule has 9 nitrogen and oxygen atoms in total. The minimum absolute atomic E-state index is 0.199. The molecule has 0 saturated carbocycles. The van der Waals surface area contributed by atoms with Gasteiger partial charge < -0.3 is 40.3 Å². The Morgan fingerprint density at radius 1 is 0.479 bits per heavy atom. The van der Waals surface area contributed by atoms with Crippen LogP contribution in [0.15, 0.2) is 60.8 Å². The topological polar surface area (TPSA) is 149 Å². The quantitative estimate of drug-likeness (QED) is 0.0261. The van der Waals surface area contributed by atoms with Crippen LogP contribution in [0.1, 0.15) is 271 Å². The molecule has 1 aliphatic rings. The van der Waals surface area contributed by atoms with Gasteiger partial charge in [0.1, 0.15) is 24.4 Å². The van der Waals surface area contributed by atoms with Gasteiger partial charge in [-0.1, -0.05) is 248 Å². The van der Waals surface area contributed by atoms with E-state index in [2.05, 4.69) is 67.8 Å². The Kier molecular flexibility index (Phi) is 48.4. The number of carbonyl (C=O) groups is 1. The van der Waals surface area contributed by atoms with E-state index in [0.29, 0.717) is 6.42 Å². The molecule has 414 valence electrons. The SMILES string of the molecule is CCCCC/C=C\C/C=C\CCCCCCCCCC(=O)NC(COC1OC(CO)C(O)C(O)C1O)C(O)/C=C/CC/C=C/CC/C=C/CCCCCCCCCCCCCCCCCCCCCCC. The van der Waals surface area contributed by atoms with E-state index in [1.807, 2.05) is 6.08 Å². The van der Waals surface area contributed by atoms with Crippen LogP contribution in [-0.4, -0.2) is 87.5 Å². The second kappa shape index (κ2) is 51.4. The summed E-state index contributed by atoms with van der Waals surface area (Å²) in [7, 11) is 0. The number of rotatable bonds is 51. The lowest BCUT2D eigenvalue weighted by Gasteiger charge is -2.40. The Hall–Kier alpha value is -2.11. The number of hydrogen-bond acceptors (Lipinski definition) is 8. The van der Waals surface area contributed by atoms with Crippen molar-refractivity contribution in [3.8, 4) is 0 Å². The Balaban J connectivity index is 2.22. The summed E-state index contributed by atoms with van der Waals surface area (Å²) in [5, 5.41) is 54.5. The number of aliphatic hydroxyl groups is 5. The predicted octanol–water partition coefficient (Wildman–Crippen LogP) is 15.1. The highest BCUT2D eigenvalue weighted by Crippen LogP contribution is 2.23. The first-order chi connectivity index (χ1) is 34.8. The van der Waals surface area contributed by atoms with E-state index in [-0.39, 0.29) is 12.5 Å². The number of allylic oxidation sites excluding steroid dienone is 9. The molecule has 0 aliphatic carbocycles. The van der Waals surface area contributed by atoms with Gasteiger partial charge in [-0.2, -0.15) is 0 Å². The predicted molar refractivity (Wildman–Crippen MR) is 299 cm³/mol. The first kappa shape index (κ1) is 66.9. The zero-order valence-electron chi connectivity index (χ0n) is 46.0. The van der Waals surface area contributed by atoms with Crippen molar-refractivity contribution in [1.29, 1.82) is 0 Å². The van der Waals surface area contributed by atoms with Crippen LogP contribution in [0.5, 0.6) is 0 Å². The Morgan fingerprint density at radius 2 is 0.845 bits per heavy atom. The minimum atomic E-state index is -1.58. The monoisotopic (exact) mass is 1000 g/mol. The lowest BCUT2D eigenvalue weighted by atomic mass is 9.99. The average molecular weight is 1000 g/mol. The van der Waals surface area contributed by atoms with Crippen LogP contribution in [0.2, 0.25) is 0 Å². The molecule has 7 unspecified atom stereocenters. The van der Waals surface area contributed by atoms with Crippen molar-refractivity contribution in [2.75, 3.05) is 13.2 Å². The molecule has 1 saturated heterocycles. The molecule has 1 heterocycles. The number of aliphatic hydroxyl groups excluding tert-OH is 5. The number of carbonyl (C=O) groups excluding carboxylic acids is 1. The van der Waals surface area contributed by atoms with E-state index in [1.165, 1.54) is 186 Å². The summed E-state index contributed by atoms with van der Waals surface area (Å²) in [6.07, 6.45) is 63.0. The third-order valence-corrected chi connectivity index (χ3v) is 14.0. The average Bonchev–Trinajstić information content (AvgIpc) is 3.37. The Labute approximate surface area is 436 Å². The highest BCUT2D eigenvalue weighted by atomic mass is 16.7.